The number of aryl methyl sites for hydroxylation is 1. The second-order valence-electron chi connectivity index (χ2n) is 4.39. The zero-order valence-corrected chi connectivity index (χ0v) is 10.2. The molecule has 3 N–H and O–H groups in total. The Morgan fingerprint density at radius 2 is 2.05 bits per heavy atom. The van der Waals surface area contributed by atoms with Crippen molar-refractivity contribution in [2.75, 3.05) is 0 Å². The average Bonchev–Trinajstić information content (AvgIpc) is 2.96. The van der Waals surface area contributed by atoms with Gasteiger partial charge >= 0.3 is 5.97 Å². The minimum absolute atomic E-state index is 0.143. The fraction of sp³-hybridized carbons (Fsp3) is 0.0714. The molecule has 3 aromatic rings. The summed E-state index contributed by atoms with van der Waals surface area (Å²) >= 11 is 0. The van der Waals surface area contributed by atoms with Crippen LogP contribution in [0.3, 0.4) is 0 Å². The van der Waals surface area contributed by atoms with E-state index < -0.39 is 5.97 Å². The lowest BCUT2D eigenvalue weighted by Gasteiger charge is -2.02. The summed E-state index contributed by atoms with van der Waals surface area (Å²) in [5, 5.41) is 19.5. The lowest BCUT2D eigenvalue weighted by atomic mass is 10.2. The Hall–Kier alpha value is -2.69. The van der Waals surface area contributed by atoms with Gasteiger partial charge in [-0.25, -0.2) is 4.79 Å². The van der Waals surface area contributed by atoms with E-state index >= 15 is 0 Å². The smallest absolute Gasteiger partial charge is 0.352 e. The number of aromatic amines is 1. The molecule has 0 saturated carbocycles. The summed E-state index contributed by atoms with van der Waals surface area (Å²) in [7, 11) is 1.87. The number of phenolic OH excluding ortho intramolecular Hbond substituents is 1. The summed E-state index contributed by atoms with van der Waals surface area (Å²) in [4.78, 5) is 13.7. The number of carboxylic acid groups (broad SMARTS) is 1. The van der Waals surface area contributed by atoms with E-state index in [2.05, 4.69) is 4.98 Å². The Morgan fingerprint density at radius 3 is 2.68 bits per heavy atom. The number of fused-ring (bicyclic) bond motifs is 1. The van der Waals surface area contributed by atoms with Crippen LogP contribution in [0.4, 0.5) is 0 Å². The number of nitrogens with one attached hydrogen (secondary N) is 1. The van der Waals surface area contributed by atoms with Gasteiger partial charge in [0.2, 0.25) is 0 Å². The van der Waals surface area contributed by atoms with Crippen molar-refractivity contribution in [2.24, 2.45) is 7.05 Å². The second-order valence-corrected chi connectivity index (χ2v) is 4.39. The van der Waals surface area contributed by atoms with Gasteiger partial charge in [0.05, 0.1) is 16.9 Å². The Bertz CT molecular complexity index is 783. The van der Waals surface area contributed by atoms with Crippen LogP contribution >= 0.6 is 0 Å². The minimum Gasteiger partial charge on any atom is -0.507 e. The van der Waals surface area contributed by atoms with Gasteiger partial charge in [0.25, 0.3) is 0 Å². The van der Waals surface area contributed by atoms with E-state index in [1.165, 1.54) is 6.07 Å². The third-order valence-corrected chi connectivity index (χ3v) is 3.26. The Balaban J connectivity index is 2.22. The van der Waals surface area contributed by atoms with E-state index in [4.69, 9.17) is 5.11 Å². The number of nitrogens with zero attached hydrogens (tertiary/aromatic N) is 1. The Kier molecular flexibility index (Phi) is 2.35. The van der Waals surface area contributed by atoms with Gasteiger partial charge < -0.3 is 19.8 Å². The van der Waals surface area contributed by atoms with E-state index in [0.717, 1.165) is 16.6 Å². The van der Waals surface area contributed by atoms with Crippen LogP contribution in [-0.4, -0.2) is 25.7 Å². The van der Waals surface area contributed by atoms with Crippen LogP contribution < -0.4 is 0 Å². The molecule has 2 heterocycles. The normalized spacial score (nSPS) is 11.0. The van der Waals surface area contributed by atoms with Crippen LogP contribution in [0.2, 0.25) is 0 Å². The molecule has 96 valence electrons. The van der Waals surface area contributed by atoms with Crippen LogP contribution in [0.1, 0.15) is 10.5 Å². The fourth-order valence-corrected chi connectivity index (χ4v) is 2.27. The summed E-state index contributed by atoms with van der Waals surface area (Å²) in [5.41, 5.74) is 2.56. The lowest BCUT2D eigenvalue weighted by Crippen LogP contribution is -1.96. The van der Waals surface area contributed by atoms with Crippen molar-refractivity contribution >= 4 is 16.9 Å². The minimum atomic E-state index is -0.993. The molecule has 0 amide bonds. The van der Waals surface area contributed by atoms with Crippen molar-refractivity contribution in [3.8, 4) is 17.1 Å². The monoisotopic (exact) mass is 256 g/mol. The number of hydrogen-bond acceptors (Lipinski definition) is 2. The third-order valence-electron chi connectivity index (χ3n) is 3.26. The molecule has 0 spiro atoms. The standard InChI is InChI=1S/C14H12N2O3/c1-16-11-3-2-4-13(17)8(11)7-12(16)9-5-6-10(15-9)14(18)19/h2-7,15,17H,1H3,(H,18,19). The zero-order valence-electron chi connectivity index (χ0n) is 10.2. The highest BCUT2D eigenvalue weighted by Gasteiger charge is 2.13. The van der Waals surface area contributed by atoms with Gasteiger partial charge in [0.1, 0.15) is 11.4 Å². The van der Waals surface area contributed by atoms with Gasteiger partial charge in [0.15, 0.2) is 0 Å². The second kappa shape index (κ2) is 3.91. The maximum Gasteiger partial charge on any atom is 0.352 e. The molecule has 0 bridgehead atoms. The Labute approximate surface area is 108 Å². The highest BCUT2D eigenvalue weighted by molar-refractivity contribution is 5.92. The number of phenols is 1. The predicted molar refractivity (Wildman–Crippen MR) is 71.3 cm³/mol. The van der Waals surface area contributed by atoms with Gasteiger partial charge in [-0.05, 0) is 30.3 Å². The van der Waals surface area contributed by atoms with E-state index in [1.807, 2.05) is 23.7 Å². The molecule has 2 aromatic heterocycles. The molecule has 0 saturated heterocycles. The molecule has 5 heteroatoms. The molecule has 19 heavy (non-hydrogen) atoms. The van der Waals surface area contributed by atoms with Crippen LogP contribution in [0.25, 0.3) is 22.3 Å². The predicted octanol–water partition coefficient (Wildman–Crippen LogP) is 2.58. The highest BCUT2D eigenvalue weighted by Crippen LogP contribution is 2.31. The first-order valence-corrected chi connectivity index (χ1v) is 5.78. The zero-order chi connectivity index (χ0) is 13.6. The van der Waals surface area contributed by atoms with E-state index in [9.17, 15) is 9.90 Å². The molecule has 5 nitrogen and oxygen atoms in total. The van der Waals surface area contributed by atoms with Gasteiger partial charge in [-0.15, -0.1) is 0 Å². The summed E-state index contributed by atoms with van der Waals surface area (Å²) in [6, 6.07) is 10.4. The molecule has 0 fully saturated rings. The summed E-state index contributed by atoms with van der Waals surface area (Å²) in [6.07, 6.45) is 0. The van der Waals surface area contributed by atoms with Crippen molar-refractivity contribution in [3.63, 3.8) is 0 Å². The maximum absolute atomic E-state index is 10.9. The summed E-state index contributed by atoms with van der Waals surface area (Å²) < 4.78 is 1.91. The van der Waals surface area contributed by atoms with Gasteiger partial charge in [-0.3, -0.25) is 0 Å². The Morgan fingerprint density at radius 1 is 1.26 bits per heavy atom. The lowest BCUT2D eigenvalue weighted by molar-refractivity contribution is 0.0691. The number of rotatable bonds is 2. The van der Waals surface area contributed by atoms with Gasteiger partial charge in [0, 0.05) is 12.4 Å². The fourth-order valence-electron chi connectivity index (χ4n) is 2.27. The number of hydrogen-bond donors (Lipinski definition) is 3. The average molecular weight is 256 g/mol. The first kappa shape index (κ1) is 11.4. The number of aromatic hydroxyl groups is 1. The van der Waals surface area contributed by atoms with Crippen molar-refractivity contribution < 1.29 is 15.0 Å². The molecule has 1 aromatic carbocycles. The molecule has 0 aliphatic rings. The number of benzene rings is 1. The SMILES string of the molecule is Cn1c(-c2ccc(C(=O)O)[nH]2)cc2c(O)cccc21. The van der Waals surface area contributed by atoms with Gasteiger partial charge in [-0.2, -0.15) is 0 Å². The molecule has 0 aliphatic carbocycles. The molecule has 0 unspecified atom stereocenters. The van der Waals surface area contributed by atoms with Crippen LogP contribution in [-0.2, 0) is 7.05 Å². The van der Waals surface area contributed by atoms with Crippen molar-refractivity contribution in [2.45, 2.75) is 0 Å². The molecule has 0 atom stereocenters. The van der Waals surface area contributed by atoms with E-state index in [-0.39, 0.29) is 11.4 Å². The molecule has 0 aliphatic heterocycles. The molecule has 3 rings (SSSR count). The van der Waals surface area contributed by atoms with Gasteiger partial charge in [-0.1, -0.05) is 6.07 Å². The maximum atomic E-state index is 10.9. The topological polar surface area (TPSA) is 78.2 Å². The molecule has 0 radical (unpaired) electrons. The van der Waals surface area contributed by atoms with E-state index in [0.29, 0.717) is 5.69 Å². The van der Waals surface area contributed by atoms with Crippen molar-refractivity contribution in [3.05, 3.63) is 42.1 Å². The number of aromatic nitrogens is 2. The number of carboxylic acids is 1. The number of H-pyrrole nitrogens is 1. The summed E-state index contributed by atoms with van der Waals surface area (Å²) in [5.74, 6) is -0.780. The number of aromatic carboxylic acids is 1. The third kappa shape index (κ3) is 1.67. The first-order valence-electron chi connectivity index (χ1n) is 5.78. The first-order chi connectivity index (χ1) is 9.08. The van der Waals surface area contributed by atoms with Crippen LogP contribution in [0.15, 0.2) is 36.4 Å². The highest BCUT2D eigenvalue weighted by atomic mass is 16.4. The summed E-state index contributed by atoms with van der Waals surface area (Å²) in [6.45, 7) is 0. The van der Waals surface area contributed by atoms with Crippen molar-refractivity contribution in [1.29, 1.82) is 0 Å². The van der Waals surface area contributed by atoms with E-state index in [1.54, 1.807) is 18.2 Å². The van der Waals surface area contributed by atoms with Crippen LogP contribution in [0, 0.1) is 0 Å². The number of carbonyl (C=O) groups is 1. The molecular weight excluding hydrogens is 244 g/mol. The van der Waals surface area contributed by atoms with Crippen LogP contribution in [0.5, 0.6) is 5.75 Å². The molecular formula is C14H12N2O3. The quantitative estimate of drug-likeness (QED) is 0.659. The largest absolute Gasteiger partial charge is 0.507 e. The van der Waals surface area contributed by atoms with Crippen molar-refractivity contribution in [1.82, 2.24) is 9.55 Å².